The third kappa shape index (κ3) is 4.63. The molecule has 2 N–H and O–H groups in total. The second-order valence-electron chi connectivity index (χ2n) is 6.30. The fraction of sp³-hybridized carbons (Fsp3) is 0.150. The van der Waals surface area contributed by atoms with Crippen molar-refractivity contribution in [3.05, 3.63) is 76.6 Å². The lowest BCUT2D eigenvalue weighted by Crippen LogP contribution is -2.16. The van der Waals surface area contributed by atoms with Crippen molar-refractivity contribution in [3.8, 4) is 0 Å². The molecule has 3 aromatic rings. The van der Waals surface area contributed by atoms with Gasteiger partial charge in [0.1, 0.15) is 17.3 Å². The number of halogens is 2. The van der Waals surface area contributed by atoms with Crippen LogP contribution in [0.15, 0.2) is 42.5 Å². The number of anilines is 3. The number of aromatic nitrogens is 2. The van der Waals surface area contributed by atoms with Crippen molar-refractivity contribution in [1.82, 2.24) is 9.97 Å². The number of rotatable bonds is 4. The Morgan fingerprint density at radius 3 is 2.30 bits per heavy atom. The van der Waals surface area contributed by atoms with Crippen LogP contribution in [-0.4, -0.2) is 15.9 Å². The third-order valence-electron chi connectivity index (χ3n) is 3.74. The first-order valence-electron chi connectivity index (χ1n) is 8.27. The minimum Gasteiger partial charge on any atom is -0.324 e. The molecule has 3 rings (SSSR count). The Bertz CT molecular complexity index is 1000. The van der Waals surface area contributed by atoms with Crippen LogP contribution in [-0.2, 0) is 0 Å². The van der Waals surface area contributed by atoms with Gasteiger partial charge in [0.05, 0.1) is 5.69 Å². The van der Waals surface area contributed by atoms with E-state index in [-0.39, 0.29) is 17.3 Å². The maximum absolute atomic E-state index is 13.7. The number of carbonyl (C=O) groups is 1. The molecule has 0 atom stereocenters. The first-order valence-corrected chi connectivity index (χ1v) is 8.27. The number of amides is 1. The molecule has 0 saturated carbocycles. The van der Waals surface area contributed by atoms with E-state index in [2.05, 4.69) is 20.6 Å². The van der Waals surface area contributed by atoms with Crippen molar-refractivity contribution in [1.29, 1.82) is 0 Å². The van der Waals surface area contributed by atoms with E-state index in [0.29, 0.717) is 11.8 Å². The molecule has 0 bridgehead atoms. The van der Waals surface area contributed by atoms with Gasteiger partial charge >= 0.3 is 0 Å². The molecule has 1 amide bonds. The Labute approximate surface area is 155 Å². The molecular weight excluding hydrogens is 350 g/mol. The maximum atomic E-state index is 13.7. The van der Waals surface area contributed by atoms with Crippen molar-refractivity contribution in [2.24, 2.45) is 0 Å². The van der Waals surface area contributed by atoms with Crippen LogP contribution in [0.1, 0.15) is 27.3 Å². The highest BCUT2D eigenvalue weighted by molar-refractivity contribution is 6.03. The van der Waals surface area contributed by atoms with Crippen LogP contribution in [0.2, 0.25) is 0 Å². The standard InChI is InChI=1S/C20H18F2N4O/c1-11-6-12(2)8-15(7-11)24-20-23-13(3)9-18(26-20)19(27)25-17-5-4-14(21)10-16(17)22/h4-10H,1-3H3,(H,25,27)(H,23,24,26). The second kappa shape index (κ2) is 7.49. The van der Waals surface area contributed by atoms with Crippen LogP contribution in [0.3, 0.4) is 0 Å². The van der Waals surface area contributed by atoms with Gasteiger partial charge < -0.3 is 10.6 Å². The van der Waals surface area contributed by atoms with E-state index in [9.17, 15) is 13.6 Å². The van der Waals surface area contributed by atoms with E-state index in [1.165, 1.54) is 6.07 Å². The van der Waals surface area contributed by atoms with Gasteiger partial charge in [0.2, 0.25) is 5.95 Å². The molecule has 1 aromatic heterocycles. The Hall–Kier alpha value is -3.35. The lowest BCUT2D eigenvalue weighted by Gasteiger charge is -2.10. The molecule has 0 unspecified atom stereocenters. The molecular formula is C20H18F2N4O. The Morgan fingerprint density at radius 1 is 0.926 bits per heavy atom. The summed E-state index contributed by atoms with van der Waals surface area (Å²) in [4.78, 5) is 20.9. The van der Waals surface area contributed by atoms with E-state index in [1.54, 1.807) is 6.92 Å². The number of carbonyl (C=O) groups excluding carboxylic acids is 1. The predicted molar refractivity (Wildman–Crippen MR) is 100 cm³/mol. The summed E-state index contributed by atoms with van der Waals surface area (Å²) in [7, 11) is 0. The molecule has 5 nitrogen and oxygen atoms in total. The summed E-state index contributed by atoms with van der Waals surface area (Å²) in [5, 5.41) is 5.47. The zero-order valence-electron chi connectivity index (χ0n) is 15.1. The Morgan fingerprint density at radius 2 is 1.63 bits per heavy atom. The van der Waals surface area contributed by atoms with E-state index in [4.69, 9.17) is 0 Å². The summed E-state index contributed by atoms with van der Waals surface area (Å²) in [5.74, 6) is -1.94. The highest BCUT2D eigenvalue weighted by Crippen LogP contribution is 2.19. The minimum absolute atomic E-state index is 0.0677. The van der Waals surface area contributed by atoms with Crippen LogP contribution < -0.4 is 10.6 Å². The summed E-state index contributed by atoms with van der Waals surface area (Å²) >= 11 is 0. The maximum Gasteiger partial charge on any atom is 0.274 e. The Balaban J connectivity index is 1.84. The van der Waals surface area contributed by atoms with Crippen LogP contribution in [0, 0.1) is 32.4 Å². The fourth-order valence-electron chi connectivity index (χ4n) is 2.69. The van der Waals surface area contributed by atoms with Gasteiger partial charge in [-0.1, -0.05) is 6.07 Å². The highest BCUT2D eigenvalue weighted by Gasteiger charge is 2.14. The predicted octanol–water partition coefficient (Wildman–Crippen LogP) is 4.68. The van der Waals surface area contributed by atoms with Crippen molar-refractivity contribution >= 4 is 23.2 Å². The molecule has 7 heteroatoms. The van der Waals surface area contributed by atoms with Crippen molar-refractivity contribution < 1.29 is 13.6 Å². The van der Waals surface area contributed by atoms with Crippen molar-refractivity contribution in [2.45, 2.75) is 20.8 Å². The molecule has 138 valence electrons. The number of hydrogen-bond donors (Lipinski definition) is 2. The van der Waals surface area contributed by atoms with Crippen molar-refractivity contribution in [2.75, 3.05) is 10.6 Å². The normalized spacial score (nSPS) is 10.6. The highest BCUT2D eigenvalue weighted by atomic mass is 19.1. The molecule has 0 saturated heterocycles. The summed E-state index contributed by atoms with van der Waals surface area (Å²) in [6.45, 7) is 5.68. The topological polar surface area (TPSA) is 66.9 Å². The summed E-state index contributed by atoms with van der Waals surface area (Å²) in [5.41, 5.74) is 3.47. The zero-order chi connectivity index (χ0) is 19.6. The number of aryl methyl sites for hydroxylation is 3. The largest absolute Gasteiger partial charge is 0.324 e. The average molecular weight is 368 g/mol. The van der Waals surface area contributed by atoms with Gasteiger partial charge in [0.25, 0.3) is 5.91 Å². The molecule has 27 heavy (non-hydrogen) atoms. The quantitative estimate of drug-likeness (QED) is 0.702. The SMILES string of the molecule is Cc1cc(C)cc(Nc2nc(C)cc(C(=O)Nc3ccc(F)cc3F)n2)c1. The molecule has 2 aromatic carbocycles. The van der Waals surface area contributed by atoms with E-state index < -0.39 is 17.5 Å². The first kappa shape index (κ1) is 18.4. The lowest BCUT2D eigenvalue weighted by atomic mass is 10.1. The summed E-state index contributed by atoms with van der Waals surface area (Å²) in [6, 6.07) is 10.3. The monoisotopic (exact) mass is 368 g/mol. The van der Waals surface area contributed by atoms with Gasteiger partial charge in [0, 0.05) is 17.4 Å². The van der Waals surface area contributed by atoms with Crippen LogP contribution >= 0.6 is 0 Å². The fourth-order valence-corrected chi connectivity index (χ4v) is 2.69. The smallest absolute Gasteiger partial charge is 0.274 e. The first-order chi connectivity index (χ1) is 12.8. The summed E-state index contributed by atoms with van der Waals surface area (Å²) < 4.78 is 26.7. The van der Waals surface area contributed by atoms with Gasteiger partial charge in [-0.05, 0) is 62.2 Å². The second-order valence-corrected chi connectivity index (χ2v) is 6.30. The third-order valence-corrected chi connectivity index (χ3v) is 3.74. The molecule has 0 aliphatic heterocycles. The minimum atomic E-state index is -0.859. The van der Waals surface area contributed by atoms with Crippen molar-refractivity contribution in [3.63, 3.8) is 0 Å². The molecule has 0 spiro atoms. The molecule has 0 fully saturated rings. The molecule has 1 heterocycles. The van der Waals surface area contributed by atoms with Gasteiger partial charge in [0.15, 0.2) is 0 Å². The molecule has 0 aliphatic carbocycles. The van der Waals surface area contributed by atoms with Gasteiger partial charge in [-0.25, -0.2) is 18.7 Å². The number of nitrogens with zero attached hydrogens (tertiary/aromatic N) is 2. The number of hydrogen-bond acceptors (Lipinski definition) is 4. The van der Waals surface area contributed by atoms with E-state index >= 15 is 0 Å². The molecule has 0 aliphatic rings. The number of benzene rings is 2. The van der Waals surface area contributed by atoms with Crippen LogP contribution in [0.4, 0.5) is 26.1 Å². The van der Waals surface area contributed by atoms with Gasteiger partial charge in [-0.3, -0.25) is 4.79 Å². The summed E-state index contributed by atoms with van der Waals surface area (Å²) in [6.07, 6.45) is 0. The zero-order valence-corrected chi connectivity index (χ0v) is 15.1. The average Bonchev–Trinajstić information content (AvgIpc) is 2.55. The van der Waals surface area contributed by atoms with Gasteiger partial charge in [-0.15, -0.1) is 0 Å². The molecule has 0 radical (unpaired) electrons. The lowest BCUT2D eigenvalue weighted by molar-refractivity contribution is 0.102. The Kier molecular flexibility index (Phi) is 5.12. The van der Waals surface area contributed by atoms with E-state index in [0.717, 1.165) is 28.9 Å². The number of nitrogens with one attached hydrogen (secondary N) is 2. The van der Waals surface area contributed by atoms with E-state index in [1.807, 2.05) is 32.0 Å². The van der Waals surface area contributed by atoms with Gasteiger partial charge in [-0.2, -0.15) is 0 Å². The van der Waals surface area contributed by atoms with Crippen LogP contribution in [0.5, 0.6) is 0 Å². The van der Waals surface area contributed by atoms with Crippen LogP contribution in [0.25, 0.3) is 0 Å².